The SMILES string of the molecule is C=S(=O)(C(S(=O)(=O)C(F)(F)F)S(=O)(=O)C(F)(F)F)C(F)(F)F. The van der Waals surface area contributed by atoms with Crippen molar-refractivity contribution < 1.29 is 60.6 Å². The van der Waals surface area contributed by atoms with Gasteiger partial charge in [0.05, 0.1) is 9.52 Å². The molecule has 0 rings (SSSR count). The van der Waals surface area contributed by atoms with E-state index in [4.69, 9.17) is 0 Å². The Morgan fingerprint density at radius 3 is 0.955 bits per heavy atom. The molecule has 0 spiro atoms. The molecule has 0 aliphatic carbocycles. The van der Waals surface area contributed by atoms with E-state index in [0.717, 1.165) is 0 Å². The average Bonchev–Trinajstić information content (AvgIpc) is 2.09. The normalized spacial score (nSPS) is 18.3. The van der Waals surface area contributed by atoms with Crippen molar-refractivity contribution in [3.63, 3.8) is 0 Å². The summed E-state index contributed by atoms with van der Waals surface area (Å²) in [6, 6.07) is 0. The van der Waals surface area contributed by atoms with E-state index in [2.05, 4.69) is 0 Å². The van der Waals surface area contributed by atoms with E-state index >= 15 is 0 Å². The van der Waals surface area contributed by atoms with Gasteiger partial charge in [-0.25, -0.2) is 16.8 Å². The highest BCUT2D eigenvalue weighted by Crippen LogP contribution is 2.42. The first kappa shape index (κ1) is 21.3. The van der Waals surface area contributed by atoms with Crippen LogP contribution >= 0.6 is 0 Å². The highest BCUT2D eigenvalue weighted by Gasteiger charge is 2.70. The standard InChI is InChI=1S/C5H3F9O5S3/c1-20(15,3(6,7)8)2(21(16,17)4(9,10)11)22(18,19)5(12,13)14/h2H,1H2. The lowest BCUT2D eigenvalue weighted by molar-refractivity contribution is -0.0476. The number of hydrogen-bond acceptors (Lipinski definition) is 5. The Morgan fingerprint density at radius 1 is 0.591 bits per heavy atom. The Bertz CT molecular complexity index is 628. The molecule has 134 valence electrons. The molecule has 0 aliphatic heterocycles. The van der Waals surface area contributed by atoms with E-state index in [1.54, 1.807) is 0 Å². The van der Waals surface area contributed by atoms with Crippen LogP contribution < -0.4 is 0 Å². The molecular formula is C5H3F9O5S3. The van der Waals surface area contributed by atoms with Crippen LogP contribution in [0.1, 0.15) is 0 Å². The van der Waals surface area contributed by atoms with Gasteiger partial charge in [0, 0.05) is 0 Å². The molecule has 17 heteroatoms. The van der Waals surface area contributed by atoms with Crippen LogP contribution in [-0.4, -0.2) is 47.4 Å². The van der Waals surface area contributed by atoms with Crippen molar-refractivity contribution >= 4 is 35.1 Å². The van der Waals surface area contributed by atoms with Gasteiger partial charge in [0.25, 0.3) is 23.6 Å². The maximum absolute atomic E-state index is 12.3. The van der Waals surface area contributed by atoms with Crippen LogP contribution in [0.2, 0.25) is 0 Å². The number of hydrogen-bond donors (Lipinski definition) is 0. The summed E-state index contributed by atoms with van der Waals surface area (Å²) in [4.78, 5) is 0. The predicted molar refractivity (Wildman–Crippen MR) is 55.1 cm³/mol. The summed E-state index contributed by atoms with van der Waals surface area (Å²) in [7, 11) is -22.3. The smallest absolute Gasteiger partial charge is 0.257 e. The first-order chi connectivity index (χ1) is 9.12. The first-order valence-electron chi connectivity index (χ1n) is 4.14. The summed E-state index contributed by atoms with van der Waals surface area (Å²) >= 11 is 0. The minimum Gasteiger partial charge on any atom is -0.257 e. The molecule has 1 atom stereocenters. The van der Waals surface area contributed by atoms with Crippen LogP contribution in [0.15, 0.2) is 0 Å². The van der Waals surface area contributed by atoms with E-state index in [1.807, 2.05) is 0 Å². The Kier molecular flexibility index (Phi) is 4.98. The van der Waals surface area contributed by atoms with Gasteiger partial charge in [-0.2, -0.15) is 39.5 Å². The summed E-state index contributed by atoms with van der Waals surface area (Å²) < 4.78 is 159. The van der Waals surface area contributed by atoms with Crippen molar-refractivity contribution in [2.24, 2.45) is 0 Å². The van der Waals surface area contributed by atoms with E-state index < -0.39 is 49.6 Å². The molecule has 5 nitrogen and oxygen atoms in total. The van der Waals surface area contributed by atoms with Crippen molar-refractivity contribution in [1.29, 1.82) is 0 Å². The van der Waals surface area contributed by atoms with Gasteiger partial charge in [-0.05, 0) is 5.87 Å². The van der Waals surface area contributed by atoms with E-state index in [0.29, 0.717) is 0 Å². The van der Waals surface area contributed by atoms with Crippen molar-refractivity contribution in [3.05, 3.63) is 0 Å². The fourth-order valence-electron chi connectivity index (χ4n) is 0.903. The Labute approximate surface area is 116 Å². The van der Waals surface area contributed by atoms with Crippen molar-refractivity contribution in [2.45, 2.75) is 20.4 Å². The number of sulfone groups is 2. The zero-order valence-electron chi connectivity index (χ0n) is 9.45. The molecule has 0 saturated heterocycles. The van der Waals surface area contributed by atoms with E-state index in [1.165, 1.54) is 5.87 Å². The van der Waals surface area contributed by atoms with Gasteiger partial charge in [0.2, 0.25) is 0 Å². The monoisotopic (exact) mass is 410 g/mol. The minimum absolute atomic E-state index is 1.45. The van der Waals surface area contributed by atoms with Crippen LogP contribution in [0.3, 0.4) is 0 Å². The van der Waals surface area contributed by atoms with Gasteiger partial charge in [-0.15, -0.1) is 0 Å². The molecule has 0 aromatic rings. The molecule has 0 fully saturated rings. The molecule has 1 unspecified atom stereocenters. The summed E-state index contributed by atoms with van der Waals surface area (Å²) in [6.07, 6.45) is 0. The third kappa shape index (κ3) is 3.29. The zero-order chi connectivity index (χ0) is 18.6. The summed E-state index contributed by atoms with van der Waals surface area (Å²) in [5, 5.41) is 0. The highest BCUT2D eigenvalue weighted by molar-refractivity contribution is 8.27. The molecule has 0 amide bonds. The van der Waals surface area contributed by atoms with Gasteiger partial charge < -0.3 is 0 Å². The van der Waals surface area contributed by atoms with Gasteiger partial charge in [-0.3, -0.25) is 4.21 Å². The van der Waals surface area contributed by atoms with Crippen molar-refractivity contribution in [1.82, 2.24) is 0 Å². The Balaban J connectivity index is 7.00. The number of rotatable bonds is 3. The molecule has 0 saturated carbocycles. The molecule has 0 N–H and O–H groups in total. The molecule has 0 bridgehead atoms. The van der Waals surface area contributed by atoms with Gasteiger partial charge in [0.15, 0.2) is 0 Å². The summed E-state index contributed by atoms with van der Waals surface area (Å²) in [5.74, 6) is 1.45. The van der Waals surface area contributed by atoms with Crippen molar-refractivity contribution in [2.75, 3.05) is 0 Å². The molecule has 0 aromatic heterocycles. The first-order valence-corrected chi connectivity index (χ1v) is 9.03. The molecule has 0 aromatic carbocycles. The highest BCUT2D eigenvalue weighted by atomic mass is 32.3. The third-order valence-electron chi connectivity index (χ3n) is 1.85. The quantitative estimate of drug-likeness (QED) is 0.519. The summed E-state index contributed by atoms with van der Waals surface area (Å²) in [5.41, 5.74) is -20.3. The summed E-state index contributed by atoms with van der Waals surface area (Å²) in [6.45, 7) is 0. The maximum Gasteiger partial charge on any atom is 0.499 e. The molecular weight excluding hydrogens is 407 g/mol. The fourth-order valence-corrected chi connectivity index (χ4v) is 8.13. The zero-order valence-corrected chi connectivity index (χ0v) is 11.9. The minimum atomic E-state index is -7.69. The van der Waals surface area contributed by atoms with Crippen LogP contribution in [0.5, 0.6) is 0 Å². The van der Waals surface area contributed by atoms with Crippen LogP contribution in [-0.2, 0) is 29.2 Å². The van der Waals surface area contributed by atoms with Crippen molar-refractivity contribution in [3.8, 4) is 0 Å². The van der Waals surface area contributed by atoms with E-state index in [-0.39, 0.29) is 0 Å². The predicted octanol–water partition coefficient (Wildman–Crippen LogP) is 1.38. The van der Waals surface area contributed by atoms with E-state index in [9.17, 15) is 60.6 Å². The second-order valence-corrected chi connectivity index (χ2v) is 10.8. The van der Waals surface area contributed by atoms with Gasteiger partial charge >= 0.3 is 16.5 Å². The second kappa shape index (κ2) is 5.15. The van der Waals surface area contributed by atoms with Crippen LogP contribution in [0.4, 0.5) is 39.5 Å². The Hall–Kier alpha value is -0.710. The topological polar surface area (TPSA) is 85.3 Å². The lowest BCUT2D eigenvalue weighted by Gasteiger charge is -2.25. The fraction of sp³-hybridized carbons (Fsp3) is 0.800. The van der Waals surface area contributed by atoms with Gasteiger partial charge in [0.1, 0.15) is 0 Å². The molecule has 0 radical (unpaired) electrons. The number of halogens is 9. The third-order valence-corrected chi connectivity index (χ3v) is 10.5. The largest absolute Gasteiger partial charge is 0.499 e. The lowest BCUT2D eigenvalue weighted by atomic mass is 11.5. The number of alkyl halides is 9. The van der Waals surface area contributed by atoms with Gasteiger partial charge in [-0.1, -0.05) is 0 Å². The lowest BCUT2D eigenvalue weighted by Crippen LogP contribution is -2.52. The second-order valence-electron chi connectivity index (χ2n) is 3.44. The molecule has 0 aliphatic rings. The molecule has 22 heavy (non-hydrogen) atoms. The average molecular weight is 410 g/mol. The van der Waals surface area contributed by atoms with Crippen LogP contribution in [0.25, 0.3) is 0 Å². The van der Waals surface area contributed by atoms with Crippen LogP contribution in [0, 0.1) is 0 Å². The maximum atomic E-state index is 12.3. The molecule has 0 heterocycles. The Morgan fingerprint density at radius 2 is 0.818 bits per heavy atom.